The number of alkyl halides is 2. The van der Waals surface area contributed by atoms with Gasteiger partial charge in [-0.05, 0) is 37.1 Å². The van der Waals surface area contributed by atoms with Crippen molar-refractivity contribution in [1.82, 2.24) is 0 Å². The Morgan fingerprint density at radius 3 is 1.95 bits per heavy atom. The third-order valence-corrected chi connectivity index (χ3v) is 4.46. The average molecular weight is 305 g/mol. The number of rotatable bonds is 8. The van der Waals surface area contributed by atoms with Crippen LogP contribution in [0.25, 0.3) is 0 Å². The number of nitrogens with one attached hydrogen (secondary N) is 1. The molecule has 0 unspecified atom stereocenters. The van der Waals surface area contributed by atoms with Gasteiger partial charge in [-0.15, -0.1) is 0 Å². The van der Waals surface area contributed by atoms with Gasteiger partial charge in [-0.1, -0.05) is 26.7 Å². The molecule has 0 aromatic heterocycles. The van der Waals surface area contributed by atoms with Crippen molar-refractivity contribution in [3.05, 3.63) is 24.3 Å². The third-order valence-electron chi connectivity index (χ3n) is 3.06. The van der Waals surface area contributed by atoms with Gasteiger partial charge in [0.05, 0.1) is 4.90 Å². The molecule has 1 aromatic carbocycles. The van der Waals surface area contributed by atoms with E-state index in [1.165, 1.54) is 24.3 Å². The highest BCUT2D eigenvalue weighted by atomic mass is 32.2. The molecule has 1 N–H and O–H groups in total. The number of sulfone groups is 1. The molecule has 1 rings (SSSR count). The normalized spacial score (nSPS) is 12.1. The number of benzene rings is 1. The maximum atomic E-state index is 12.4. The Morgan fingerprint density at radius 2 is 1.55 bits per heavy atom. The largest absolute Gasteiger partial charge is 0.382 e. The van der Waals surface area contributed by atoms with Gasteiger partial charge in [0.2, 0.25) is 9.84 Å². The average Bonchev–Trinajstić information content (AvgIpc) is 2.39. The minimum Gasteiger partial charge on any atom is -0.382 e. The van der Waals surface area contributed by atoms with Gasteiger partial charge in [0.15, 0.2) is 0 Å². The van der Waals surface area contributed by atoms with E-state index in [0.29, 0.717) is 6.04 Å². The lowest BCUT2D eigenvalue weighted by Gasteiger charge is -2.18. The first-order valence-corrected chi connectivity index (χ1v) is 8.35. The molecule has 6 heteroatoms. The fraction of sp³-hybridized carbons (Fsp3) is 0.571. The summed E-state index contributed by atoms with van der Waals surface area (Å²) in [5.74, 6) is -3.38. The summed E-state index contributed by atoms with van der Waals surface area (Å²) in [6, 6.07) is 5.83. The number of hydrogen-bond acceptors (Lipinski definition) is 3. The second-order valence-corrected chi connectivity index (χ2v) is 6.67. The van der Waals surface area contributed by atoms with E-state index in [1.807, 2.05) is 0 Å². The molecule has 0 bridgehead atoms. The molecule has 3 nitrogen and oxygen atoms in total. The zero-order chi connectivity index (χ0) is 15.2. The van der Waals surface area contributed by atoms with E-state index in [2.05, 4.69) is 19.2 Å². The maximum Gasteiger partial charge on any atom is 0.341 e. The summed E-state index contributed by atoms with van der Waals surface area (Å²) in [5.41, 5.74) is 0.755. The molecular weight excluding hydrogens is 284 g/mol. The fourth-order valence-corrected chi connectivity index (χ4v) is 2.79. The van der Waals surface area contributed by atoms with Crippen molar-refractivity contribution in [1.29, 1.82) is 0 Å². The van der Waals surface area contributed by atoms with Crippen LogP contribution in [0.3, 0.4) is 0 Å². The SMILES string of the molecule is CCCC(CCC)Nc1ccc(S(=O)(=O)C(F)F)cc1. The first-order chi connectivity index (χ1) is 9.41. The maximum absolute atomic E-state index is 12.4. The second-order valence-electron chi connectivity index (χ2n) is 4.75. The standard InChI is InChI=1S/C14H21F2NO2S/c1-3-5-11(6-4-2)17-12-7-9-13(10-8-12)20(18,19)14(15)16/h7-11,14,17H,3-6H2,1-2H3. The van der Waals surface area contributed by atoms with Gasteiger partial charge < -0.3 is 5.32 Å². The van der Waals surface area contributed by atoms with Gasteiger partial charge in [-0.3, -0.25) is 0 Å². The van der Waals surface area contributed by atoms with Crippen LogP contribution in [-0.2, 0) is 9.84 Å². The summed E-state index contributed by atoms with van der Waals surface area (Å²) in [4.78, 5) is -0.347. The van der Waals surface area contributed by atoms with Crippen LogP contribution in [0.1, 0.15) is 39.5 Å². The summed E-state index contributed by atoms with van der Waals surface area (Å²) >= 11 is 0. The van der Waals surface area contributed by atoms with Crippen molar-refractivity contribution in [2.24, 2.45) is 0 Å². The molecule has 0 saturated heterocycles. The number of halogens is 2. The Balaban J connectivity index is 2.81. The smallest absolute Gasteiger partial charge is 0.341 e. The van der Waals surface area contributed by atoms with E-state index in [-0.39, 0.29) is 4.90 Å². The minimum absolute atomic E-state index is 0.322. The number of anilines is 1. The second kappa shape index (κ2) is 7.57. The van der Waals surface area contributed by atoms with Crippen molar-refractivity contribution >= 4 is 15.5 Å². The van der Waals surface area contributed by atoms with Crippen molar-refractivity contribution in [3.63, 3.8) is 0 Å². The van der Waals surface area contributed by atoms with Gasteiger partial charge >= 0.3 is 5.76 Å². The van der Waals surface area contributed by atoms with Crippen LogP contribution in [0.4, 0.5) is 14.5 Å². The Labute approximate surface area is 119 Å². The molecule has 20 heavy (non-hydrogen) atoms. The highest BCUT2D eigenvalue weighted by molar-refractivity contribution is 7.91. The molecule has 0 aliphatic heterocycles. The van der Waals surface area contributed by atoms with Crippen LogP contribution in [0.2, 0.25) is 0 Å². The topological polar surface area (TPSA) is 46.2 Å². The molecule has 0 aliphatic carbocycles. The lowest BCUT2D eigenvalue weighted by molar-refractivity contribution is 0.234. The molecule has 0 saturated carbocycles. The van der Waals surface area contributed by atoms with Crippen molar-refractivity contribution in [3.8, 4) is 0 Å². The fourth-order valence-electron chi connectivity index (χ4n) is 2.07. The van der Waals surface area contributed by atoms with Crippen LogP contribution in [0.5, 0.6) is 0 Å². The van der Waals surface area contributed by atoms with Crippen molar-refractivity contribution in [2.75, 3.05) is 5.32 Å². The first kappa shape index (κ1) is 16.9. The van der Waals surface area contributed by atoms with Crippen LogP contribution >= 0.6 is 0 Å². The van der Waals surface area contributed by atoms with E-state index in [4.69, 9.17) is 0 Å². The van der Waals surface area contributed by atoms with Gasteiger partial charge in [0.1, 0.15) is 0 Å². The van der Waals surface area contributed by atoms with Gasteiger partial charge in [-0.2, -0.15) is 8.78 Å². The molecule has 0 spiro atoms. The lowest BCUT2D eigenvalue weighted by Crippen LogP contribution is -2.19. The summed E-state index contributed by atoms with van der Waals surface area (Å²) in [6.07, 6.45) is 4.14. The molecule has 0 radical (unpaired) electrons. The molecule has 0 aliphatic rings. The van der Waals surface area contributed by atoms with Crippen LogP contribution in [-0.4, -0.2) is 20.2 Å². The quantitative estimate of drug-likeness (QED) is 0.787. The van der Waals surface area contributed by atoms with E-state index < -0.39 is 15.6 Å². The number of hydrogen-bond donors (Lipinski definition) is 1. The predicted octanol–water partition coefficient (Wildman–Crippen LogP) is 4.06. The zero-order valence-corrected chi connectivity index (χ0v) is 12.6. The van der Waals surface area contributed by atoms with Crippen molar-refractivity contribution in [2.45, 2.75) is 56.2 Å². The van der Waals surface area contributed by atoms with Crippen LogP contribution in [0.15, 0.2) is 29.2 Å². The summed E-state index contributed by atoms with van der Waals surface area (Å²) < 4.78 is 47.4. The Kier molecular flexibility index (Phi) is 6.39. The van der Waals surface area contributed by atoms with Gasteiger partial charge in [-0.25, -0.2) is 8.42 Å². The summed E-state index contributed by atoms with van der Waals surface area (Å²) in [7, 11) is -4.50. The Hall–Kier alpha value is -1.17. The van der Waals surface area contributed by atoms with E-state index in [0.717, 1.165) is 31.4 Å². The summed E-state index contributed by atoms with van der Waals surface area (Å²) in [5, 5.41) is 3.31. The summed E-state index contributed by atoms with van der Waals surface area (Å²) in [6.45, 7) is 4.20. The lowest BCUT2D eigenvalue weighted by atomic mass is 10.1. The molecule has 1 aromatic rings. The molecule has 0 atom stereocenters. The molecule has 0 fully saturated rings. The van der Waals surface area contributed by atoms with E-state index in [1.54, 1.807) is 0 Å². The van der Waals surface area contributed by atoms with Crippen LogP contribution in [0, 0.1) is 0 Å². The molecular formula is C14H21F2NO2S. The van der Waals surface area contributed by atoms with Gasteiger partial charge in [0.25, 0.3) is 0 Å². The van der Waals surface area contributed by atoms with E-state index >= 15 is 0 Å². The third kappa shape index (κ3) is 4.44. The highest BCUT2D eigenvalue weighted by Crippen LogP contribution is 2.21. The van der Waals surface area contributed by atoms with E-state index in [9.17, 15) is 17.2 Å². The highest BCUT2D eigenvalue weighted by Gasteiger charge is 2.26. The monoisotopic (exact) mass is 305 g/mol. The molecule has 114 valence electrons. The zero-order valence-electron chi connectivity index (χ0n) is 11.8. The molecule has 0 amide bonds. The first-order valence-electron chi connectivity index (χ1n) is 6.80. The molecule has 0 heterocycles. The predicted molar refractivity (Wildman–Crippen MR) is 76.9 cm³/mol. The van der Waals surface area contributed by atoms with Gasteiger partial charge in [0, 0.05) is 11.7 Å². The minimum atomic E-state index is -4.50. The van der Waals surface area contributed by atoms with Crippen molar-refractivity contribution < 1.29 is 17.2 Å². The van der Waals surface area contributed by atoms with Crippen LogP contribution < -0.4 is 5.32 Å². The Bertz CT molecular complexity index is 494. The Morgan fingerprint density at radius 1 is 1.05 bits per heavy atom.